The lowest BCUT2D eigenvalue weighted by atomic mass is 10.1. The largest absolute Gasteiger partial charge is 0.480 e. The lowest BCUT2D eigenvalue weighted by molar-refractivity contribution is -0.137. The first-order chi connectivity index (χ1) is 9.15. The molecule has 0 heterocycles. The van der Waals surface area contributed by atoms with Gasteiger partial charge in [-0.2, -0.15) is 11.8 Å². The summed E-state index contributed by atoms with van der Waals surface area (Å²) >= 11 is 1.83. The quantitative estimate of drug-likeness (QED) is 0.676. The molecule has 4 heteroatoms. The molecule has 0 radical (unpaired) electrons. The summed E-state index contributed by atoms with van der Waals surface area (Å²) < 4.78 is 0. The van der Waals surface area contributed by atoms with Gasteiger partial charge >= 0.3 is 5.97 Å². The zero-order valence-electron chi connectivity index (χ0n) is 11.7. The van der Waals surface area contributed by atoms with E-state index >= 15 is 0 Å². The number of carboxylic acids is 1. The Kier molecular flexibility index (Phi) is 7.41. The van der Waals surface area contributed by atoms with Crippen LogP contribution >= 0.6 is 11.8 Å². The SMILES string of the molecule is CCCCSCC[C@H](Nc1ccccc1C)C(=O)O. The molecule has 0 spiro atoms. The third kappa shape index (κ3) is 6.01. The van der Waals surface area contributed by atoms with Crippen molar-refractivity contribution in [3.63, 3.8) is 0 Å². The molecule has 0 saturated heterocycles. The number of aryl methyl sites for hydroxylation is 1. The molecule has 1 atom stereocenters. The number of anilines is 1. The van der Waals surface area contributed by atoms with Crippen molar-refractivity contribution >= 4 is 23.4 Å². The van der Waals surface area contributed by atoms with Crippen LogP contribution in [0.1, 0.15) is 31.7 Å². The Morgan fingerprint density at radius 3 is 2.74 bits per heavy atom. The van der Waals surface area contributed by atoms with Crippen LogP contribution in [0, 0.1) is 6.92 Å². The third-order valence-electron chi connectivity index (χ3n) is 2.97. The van der Waals surface area contributed by atoms with Gasteiger partial charge in [-0.15, -0.1) is 0 Å². The second-order valence-corrected chi connectivity index (χ2v) is 5.83. The minimum absolute atomic E-state index is 0.504. The summed E-state index contributed by atoms with van der Waals surface area (Å²) in [5, 5.41) is 12.4. The minimum atomic E-state index is -0.778. The van der Waals surface area contributed by atoms with Crippen molar-refractivity contribution in [1.29, 1.82) is 0 Å². The molecule has 0 unspecified atom stereocenters. The molecule has 0 aromatic heterocycles. The van der Waals surface area contributed by atoms with Crippen molar-refractivity contribution in [2.45, 2.75) is 39.2 Å². The average Bonchev–Trinajstić information content (AvgIpc) is 2.39. The monoisotopic (exact) mass is 281 g/mol. The van der Waals surface area contributed by atoms with Gasteiger partial charge in [0.15, 0.2) is 0 Å². The van der Waals surface area contributed by atoms with Gasteiger partial charge in [0.25, 0.3) is 0 Å². The van der Waals surface area contributed by atoms with Gasteiger partial charge in [-0.1, -0.05) is 31.5 Å². The zero-order valence-corrected chi connectivity index (χ0v) is 12.5. The van der Waals surface area contributed by atoms with E-state index in [4.69, 9.17) is 0 Å². The summed E-state index contributed by atoms with van der Waals surface area (Å²) in [7, 11) is 0. The van der Waals surface area contributed by atoms with Crippen LogP contribution in [0.3, 0.4) is 0 Å². The molecule has 3 nitrogen and oxygen atoms in total. The summed E-state index contributed by atoms with van der Waals surface area (Å²) in [6.07, 6.45) is 3.04. The molecule has 0 aliphatic rings. The van der Waals surface area contributed by atoms with E-state index in [0.29, 0.717) is 6.42 Å². The molecule has 0 aliphatic heterocycles. The zero-order chi connectivity index (χ0) is 14.1. The van der Waals surface area contributed by atoms with Crippen LogP contribution in [0.5, 0.6) is 0 Å². The molecular formula is C15H23NO2S. The lowest BCUT2D eigenvalue weighted by Gasteiger charge is -2.17. The molecule has 1 rings (SSSR count). The number of para-hydroxylation sites is 1. The smallest absolute Gasteiger partial charge is 0.326 e. The number of aliphatic carboxylic acids is 1. The summed E-state index contributed by atoms with van der Waals surface area (Å²) in [5.41, 5.74) is 1.99. The highest BCUT2D eigenvalue weighted by atomic mass is 32.2. The number of nitrogens with one attached hydrogen (secondary N) is 1. The van der Waals surface area contributed by atoms with Crippen LogP contribution < -0.4 is 5.32 Å². The molecule has 1 aromatic rings. The maximum absolute atomic E-state index is 11.3. The predicted octanol–water partition coefficient (Wildman–Crippen LogP) is 3.78. The first kappa shape index (κ1) is 15.9. The van der Waals surface area contributed by atoms with Gasteiger partial charge in [-0.25, -0.2) is 4.79 Å². The molecule has 0 bridgehead atoms. The first-order valence-corrected chi connectivity index (χ1v) is 7.93. The van der Waals surface area contributed by atoms with E-state index in [-0.39, 0.29) is 0 Å². The fraction of sp³-hybridized carbons (Fsp3) is 0.533. The second kappa shape index (κ2) is 8.86. The fourth-order valence-corrected chi connectivity index (χ4v) is 2.83. The van der Waals surface area contributed by atoms with Crippen molar-refractivity contribution in [3.8, 4) is 0 Å². The number of benzene rings is 1. The molecule has 1 aromatic carbocycles. The van der Waals surface area contributed by atoms with E-state index in [2.05, 4.69) is 12.2 Å². The third-order valence-corrected chi connectivity index (χ3v) is 4.07. The van der Waals surface area contributed by atoms with Gasteiger partial charge in [0.2, 0.25) is 0 Å². The Bertz CT molecular complexity index is 395. The second-order valence-electron chi connectivity index (χ2n) is 4.60. The maximum atomic E-state index is 11.3. The number of carboxylic acid groups (broad SMARTS) is 1. The number of hydrogen-bond donors (Lipinski definition) is 2. The number of rotatable bonds is 9. The summed E-state index contributed by atoms with van der Waals surface area (Å²) in [6, 6.07) is 7.28. The topological polar surface area (TPSA) is 49.3 Å². The van der Waals surface area contributed by atoms with Crippen molar-refractivity contribution < 1.29 is 9.90 Å². The summed E-state index contributed by atoms with van der Waals surface area (Å²) in [4.78, 5) is 11.3. The standard InChI is InChI=1S/C15H23NO2S/c1-3-4-10-19-11-9-14(15(17)18)16-13-8-6-5-7-12(13)2/h5-8,14,16H,3-4,9-11H2,1-2H3,(H,17,18)/t14-/m0/s1. The van der Waals surface area contributed by atoms with E-state index in [1.54, 1.807) is 0 Å². The van der Waals surface area contributed by atoms with Crippen LogP contribution in [0.25, 0.3) is 0 Å². The van der Waals surface area contributed by atoms with Crippen LogP contribution in [0.4, 0.5) is 5.69 Å². The first-order valence-electron chi connectivity index (χ1n) is 6.78. The van der Waals surface area contributed by atoms with Gasteiger partial charge in [-0.3, -0.25) is 0 Å². The predicted molar refractivity (Wildman–Crippen MR) is 83.1 cm³/mol. The Labute approximate surface area is 119 Å². The van der Waals surface area contributed by atoms with Gasteiger partial charge in [0.05, 0.1) is 0 Å². The highest BCUT2D eigenvalue weighted by Gasteiger charge is 2.17. The van der Waals surface area contributed by atoms with E-state index in [9.17, 15) is 9.90 Å². The van der Waals surface area contributed by atoms with Crippen molar-refractivity contribution in [2.75, 3.05) is 16.8 Å². The normalized spacial score (nSPS) is 12.1. The highest BCUT2D eigenvalue weighted by molar-refractivity contribution is 7.99. The van der Waals surface area contributed by atoms with Crippen molar-refractivity contribution in [3.05, 3.63) is 29.8 Å². The molecule has 2 N–H and O–H groups in total. The van der Waals surface area contributed by atoms with E-state index in [0.717, 1.165) is 22.8 Å². The van der Waals surface area contributed by atoms with Crippen molar-refractivity contribution in [1.82, 2.24) is 0 Å². The van der Waals surface area contributed by atoms with E-state index < -0.39 is 12.0 Å². The van der Waals surface area contributed by atoms with Gasteiger partial charge in [0, 0.05) is 5.69 Å². The van der Waals surface area contributed by atoms with Crippen LogP contribution in [0.2, 0.25) is 0 Å². The number of thioether (sulfide) groups is 1. The fourth-order valence-electron chi connectivity index (χ4n) is 1.73. The van der Waals surface area contributed by atoms with E-state index in [1.807, 2.05) is 43.0 Å². The van der Waals surface area contributed by atoms with E-state index in [1.165, 1.54) is 12.8 Å². The Balaban J connectivity index is 2.45. The van der Waals surface area contributed by atoms with Crippen LogP contribution in [-0.4, -0.2) is 28.6 Å². The number of hydrogen-bond acceptors (Lipinski definition) is 3. The summed E-state index contributed by atoms with van der Waals surface area (Å²) in [6.45, 7) is 4.15. The molecule has 19 heavy (non-hydrogen) atoms. The minimum Gasteiger partial charge on any atom is -0.480 e. The summed E-state index contributed by atoms with van der Waals surface area (Å²) in [5.74, 6) is 1.22. The molecular weight excluding hydrogens is 258 g/mol. The molecule has 0 aliphatic carbocycles. The average molecular weight is 281 g/mol. The Morgan fingerprint density at radius 1 is 1.37 bits per heavy atom. The highest BCUT2D eigenvalue weighted by Crippen LogP contribution is 2.17. The number of carbonyl (C=O) groups is 1. The Hall–Kier alpha value is -1.16. The lowest BCUT2D eigenvalue weighted by Crippen LogP contribution is -2.30. The van der Waals surface area contributed by atoms with Gasteiger partial charge in [-0.05, 0) is 42.9 Å². The van der Waals surface area contributed by atoms with Crippen molar-refractivity contribution in [2.24, 2.45) is 0 Å². The van der Waals surface area contributed by atoms with Gasteiger partial charge in [0.1, 0.15) is 6.04 Å². The number of unbranched alkanes of at least 4 members (excludes halogenated alkanes) is 1. The molecule has 0 saturated carbocycles. The van der Waals surface area contributed by atoms with Crippen LogP contribution in [-0.2, 0) is 4.79 Å². The van der Waals surface area contributed by atoms with Crippen LogP contribution in [0.15, 0.2) is 24.3 Å². The Morgan fingerprint density at radius 2 is 2.11 bits per heavy atom. The molecule has 0 amide bonds. The molecule has 106 valence electrons. The van der Waals surface area contributed by atoms with Gasteiger partial charge < -0.3 is 10.4 Å². The molecule has 0 fully saturated rings. The maximum Gasteiger partial charge on any atom is 0.326 e.